The molecule has 2 atom stereocenters. The van der Waals surface area contributed by atoms with Gasteiger partial charge in [-0.2, -0.15) is 10.4 Å². The number of nitriles is 1. The average Bonchev–Trinajstić information content (AvgIpc) is 3.37. The molecule has 0 bridgehead atoms. The minimum atomic E-state index is -0.659. The summed E-state index contributed by atoms with van der Waals surface area (Å²) in [5, 5.41) is 15.2. The van der Waals surface area contributed by atoms with E-state index >= 15 is 0 Å². The van der Waals surface area contributed by atoms with Crippen molar-refractivity contribution in [3.8, 4) is 11.8 Å². The van der Waals surface area contributed by atoms with Crippen LogP contribution >= 0.6 is 0 Å². The Balaban J connectivity index is 1.30. The number of fused-ring (bicyclic) bond motifs is 1. The van der Waals surface area contributed by atoms with Crippen LogP contribution in [0.25, 0.3) is 6.08 Å². The predicted octanol–water partition coefficient (Wildman–Crippen LogP) is 5.30. The molecule has 7 heteroatoms. The van der Waals surface area contributed by atoms with Crippen LogP contribution in [0.4, 0.5) is 0 Å². The van der Waals surface area contributed by atoms with Crippen LogP contribution in [0.2, 0.25) is 0 Å². The SMILES string of the molecule is N#Cc1ccc(OCC(=O)OCC(=O)N2N=C3C(=Cc4ccccc4)CCCC3C2c2ccccc2)cc1. The van der Waals surface area contributed by atoms with E-state index in [1.54, 1.807) is 24.3 Å². The van der Waals surface area contributed by atoms with E-state index < -0.39 is 12.6 Å². The Morgan fingerprint density at radius 2 is 1.68 bits per heavy atom. The first kappa shape index (κ1) is 25.0. The fourth-order valence-electron chi connectivity index (χ4n) is 4.96. The molecule has 1 amide bonds. The van der Waals surface area contributed by atoms with Crippen LogP contribution < -0.4 is 4.74 Å². The van der Waals surface area contributed by atoms with Crippen molar-refractivity contribution in [2.24, 2.45) is 11.0 Å². The second-order valence-corrected chi connectivity index (χ2v) is 9.24. The number of amides is 1. The lowest BCUT2D eigenvalue weighted by atomic mass is 9.77. The lowest BCUT2D eigenvalue weighted by Gasteiger charge is -2.29. The molecule has 0 spiro atoms. The number of hydrazone groups is 1. The fourth-order valence-corrected chi connectivity index (χ4v) is 4.96. The number of hydrogen-bond acceptors (Lipinski definition) is 6. The first-order chi connectivity index (χ1) is 18.6. The van der Waals surface area contributed by atoms with Crippen LogP contribution in [0.15, 0.2) is 95.6 Å². The zero-order chi connectivity index (χ0) is 26.3. The third-order valence-corrected chi connectivity index (χ3v) is 6.74. The number of esters is 1. The molecule has 190 valence electrons. The number of rotatable bonds is 7. The summed E-state index contributed by atoms with van der Waals surface area (Å²) in [6.07, 6.45) is 4.99. The average molecular weight is 506 g/mol. The highest BCUT2D eigenvalue weighted by Crippen LogP contribution is 2.44. The summed E-state index contributed by atoms with van der Waals surface area (Å²) in [6, 6.07) is 28.2. The second-order valence-electron chi connectivity index (χ2n) is 9.24. The van der Waals surface area contributed by atoms with Gasteiger partial charge >= 0.3 is 5.97 Å². The van der Waals surface area contributed by atoms with Crippen LogP contribution in [-0.2, 0) is 14.3 Å². The molecule has 5 rings (SSSR count). The highest BCUT2D eigenvalue weighted by atomic mass is 16.6. The van der Waals surface area contributed by atoms with Gasteiger partial charge in [-0.25, -0.2) is 9.80 Å². The molecular weight excluding hydrogens is 478 g/mol. The van der Waals surface area contributed by atoms with Gasteiger partial charge in [-0.05, 0) is 66.3 Å². The zero-order valence-electron chi connectivity index (χ0n) is 20.8. The van der Waals surface area contributed by atoms with Crippen molar-refractivity contribution in [1.82, 2.24) is 5.01 Å². The number of allylic oxidation sites excluding steroid dienone is 1. The Bertz CT molecular complexity index is 1390. The monoisotopic (exact) mass is 505 g/mol. The molecule has 1 aliphatic heterocycles. The highest BCUT2D eigenvalue weighted by molar-refractivity contribution is 6.08. The van der Waals surface area contributed by atoms with Crippen LogP contribution in [0.3, 0.4) is 0 Å². The molecule has 0 radical (unpaired) electrons. The molecule has 1 saturated carbocycles. The summed E-state index contributed by atoms with van der Waals surface area (Å²) in [4.78, 5) is 25.6. The Morgan fingerprint density at radius 1 is 0.974 bits per heavy atom. The molecule has 1 fully saturated rings. The van der Waals surface area contributed by atoms with E-state index in [2.05, 4.69) is 18.2 Å². The van der Waals surface area contributed by atoms with Gasteiger partial charge in [-0.3, -0.25) is 4.79 Å². The molecule has 38 heavy (non-hydrogen) atoms. The molecule has 3 aromatic carbocycles. The molecule has 0 N–H and O–H groups in total. The van der Waals surface area contributed by atoms with Gasteiger partial charge in [0.15, 0.2) is 13.2 Å². The third kappa shape index (κ3) is 5.65. The fraction of sp³-hybridized carbons (Fsp3) is 0.226. The number of ether oxygens (including phenoxy) is 2. The molecule has 3 aromatic rings. The number of carbonyl (C=O) groups is 2. The van der Waals surface area contributed by atoms with Crippen LogP contribution in [0.5, 0.6) is 5.75 Å². The number of benzene rings is 3. The van der Waals surface area contributed by atoms with E-state index in [-0.39, 0.29) is 24.5 Å². The van der Waals surface area contributed by atoms with Crippen molar-refractivity contribution in [2.75, 3.05) is 13.2 Å². The Morgan fingerprint density at radius 3 is 2.39 bits per heavy atom. The van der Waals surface area contributed by atoms with Crippen LogP contribution in [-0.4, -0.2) is 35.8 Å². The highest BCUT2D eigenvalue weighted by Gasteiger charge is 2.43. The Kier molecular flexibility index (Phi) is 7.60. The maximum absolute atomic E-state index is 13.3. The van der Waals surface area contributed by atoms with Gasteiger partial charge in [0.25, 0.3) is 5.91 Å². The number of carbonyl (C=O) groups excluding carboxylic acids is 2. The van der Waals surface area contributed by atoms with Crippen LogP contribution in [0.1, 0.15) is 42.0 Å². The number of hydrogen-bond donors (Lipinski definition) is 0. The van der Waals surface area contributed by atoms with E-state index in [1.807, 2.05) is 54.6 Å². The van der Waals surface area contributed by atoms with Crippen molar-refractivity contribution in [3.05, 3.63) is 107 Å². The Hall–Kier alpha value is -4.70. The van der Waals surface area contributed by atoms with Crippen LogP contribution in [0, 0.1) is 17.2 Å². The van der Waals surface area contributed by atoms with Crippen molar-refractivity contribution in [3.63, 3.8) is 0 Å². The molecule has 2 aliphatic rings. The standard InChI is InChI=1S/C31H27N3O4/c32-19-23-14-16-26(17-15-23)37-21-29(36)38-20-28(35)34-31(24-10-5-2-6-11-24)27-13-7-12-25(30(27)33-34)18-22-8-3-1-4-9-22/h1-6,8-11,14-18,27,31H,7,12-13,20-21H2. The van der Waals surface area contributed by atoms with Crippen molar-refractivity contribution in [1.29, 1.82) is 5.26 Å². The maximum atomic E-state index is 13.3. The first-order valence-corrected chi connectivity index (χ1v) is 12.6. The summed E-state index contributed by atoms with van der Waals surface area (Å²) in [7, 11) is 0. The van der Waals surface area contributed by atoms with E-state index in [9.17, 15) is 9.59 Å². The van der Waals surface area contributed by atoms with E-state index in [0.717, 1.165) is 41.7 Å². The molecule has 0 aromatic heterocycles. The predicted molar refractivity (Wildman–Crippen MR) is 143 cm³/mol. The minimum Gasteiger partial charge on any atom is -0.482 e. The van der Waals surface area contributed by atoms with Gasteiger partial charge in [-0.15, -0.1) is 0 Å². The number of nitrogens with zero attached hydrogens (tertiary/aromatic N) is 3. The molecule has 7 nitrogen and oxygen atoms in total. The van der Waals surface area contributed by atoms with Gasteiger partial charge in [0, 0.05) is 5.92 Å². The van der Waals surface area contributed by atoms with E-state index in [1.165, 1.54) is 5.01 Å². The lowest BCUT2D eigenvalue weighted by molar-refractivity contribution is -0.154. The Labute approximate surface area is 221 Å². The summed E-state index contributed by atoms with van der Waals surface area (Å²) >= 11 is 0. The van der Waals surface area contributed by atoms with Gasteiger partial charge in [0.2, 0.25) is 0 Å². The van der Waals surface area contributed by atoms with Gasteiger partial charge in [0.1, 0.15) is 5.75 Å². The minimum absolute atomic E-state index is 0.0699. The summed E-state index contributed by atoms with van der Waals surface area (Å²) in [5.74, 6) is -0.538. The van der Waals surface area contributed by atoms with E-state index in [4.69, 9.17) is 19.8 Å². The summed E-state index contributed by atoms with van der Waals surface area (Å²) in [5.41, 5.74) is 4.66. The van der Waals surface area contributed by atoms with Crippen molar-refractivity contribution < 1.29 is 19.1 Å². The maximum Gasteiger partial charge on any atom is 0.344 e. The van der Waals surface area contributed by atoms with Crippen molar-refractivity contribution in [2.45, 2.75) is 25.3 Å². The smallest absolute Gasteiger partial charge is 0.344 e. The van der Waals surface area contributed by atoms with Crippen molar-refractivity contribution >= 4 is 23.7 Å². The zero-order valence-corrected chi connectivity index (χ0v) is 20.8. The van der Waals surface area contributed by atoms with E-state index in [0.29, 0.717) is 11.3 Å². The van der Waals surface area contributed by atoms with Gasteiger partial charge in [-0.1, -0.05) is 60.7 Å². The lowest BCUT2D eigenvalue weighted by Crippen LogP contribution is -2.35. The normalized spacial score (nSPS) is 19.3. The molecule has 2 unspecified atom stereocenters. The third-order valence-electron chi connectivity index (χ3n) is 6.74. The topological polar surface area (TPSA) is 92.0 Å². The molecule has 0 saturated heterocycles. The first-order valence-electron chi connectivity index (χ1n) is 12.6. The largest absolute Gasteiger partial charge is 0.482 e. The quantitative estimate of drug-likeness (QED) is 0.406. The molecular formula is C31H27N3O4. The second kappa shape index (κ2) is 11.6. The summed E-state index contributed by atoms with van der Waals surface area (Å²) < 4.78 is 10.7. The van der Waals surface area contributed by atoms with Gasteiger partial charge in [0.05, 0.1) is 23.4 Å². The summed E-state index contributed by atoms with van der Waals surface area (Å²) in [6.45, 7) is -0.775. The van der Waals surface area contributed by atoms with Gasteiger partial charge < -0.3 is 9.47 Å². The molecule has 1 aliphatic carbocycles. The molecule has 1 heterocycles.